The van der Waals surface area contributed by atoms with Crippen molar-refractivity contribution in [2.45, 2.75) is 25.9 Å². The normalized spacial score (nSPS) is 12.9. The van der Waals surface area contributed by atoms with Crippen molar-refractivity contribution in [3.8, 4) is 0 Å². The van der Waals surface area contributed by atoms with E-state index in [2.05, 4.69) is 0 Å². The van der Waals surface area contributed by atoms with E-state index >= 15 is 0 Å². The molecule has 1 atom stereocenters. The molecule has 0 radical (unpaired) electrons. The molecular weight excluding hydrogens is 164 g/mol. The summed E-state index contributed by atoms with van der Waals surface area (Å²) in [5.41, 5.74) is 0. The van der Waals surface area contributed by atoms with Crippen LogP contribution in [0.4, 0.5) is 0 Å². The van der Waals surface area contributed by atoms with E-state index in [1.54, 1.807) is 11.8 Å². The molecule has 1 unspecified atom stereocenters. The highest BCUT2D eigenvalue weighted by molar-refractivity contribution is 7.99. The van der Waals surface area contributed by atoms with E-state index in [1.165, 1.54) is 0 Å². The van der Waals surface area contributed by atoms with Gasteiger partial charge in [-0.25, -0.2) is 0 Å². The first kappa shape index (κ1) is 10.8. The summed E-state index contributed by atoms with van der Waals surface area (Å²) in [7, 11) is 0. The van der Waals surface area contributed by atoms with Crippen LogP contribution in [-0.2, 0) is 4.79 Å². The highest BCUT2D eigenvalue weighted by Gasteiger charge is 2.07. The summed E-state index contributed by atoms with van der Waals surface area (Å²) in [5.74, 6) is 0.920. The van der Waals surface area contributed by atoms with Crippen LogP contribution < -0.4 is 0 Å². The van der Waals surface area contributed by atoms with E-state index < -0.39 is 12.1 Å². The lowest BCUT2D eigenvalue weighted by Gasteiger charge is -2.05. The summed E-state index contributed by atoms with van der Waals surface area (Å²) in [6.07, 6.45) is -0.235. The predicted molar refractivity (Wildman–Crippen MR) is 45.9 cm³/mol. The van der Waals surface area contributed by atoms with Crippen molar-refractivity contribution in [2.24, 2.45) is 0 Å². The number of rotatable bonds is 6. The molecule has 3 nitrogen and oxygen atoms in total. The molecule has 0 fully saturated rings. The Kier molecular flexibility index (Phi) is 6.36. The monoisotopic (exact) mass is 178 g/mol. The summed E-state index contributed by atoms with van der Waals surface area (Å²) in [5, 5.41) is 17.3. The molecule has 0 rings (SSSR count). The van der Waals surface area contributed by atoms with Crippen molar-refractivity contribution < 1.29 is 15.0 Å². The zero-order valence-corrected chi connectivity index (χ0v) is 7.43. The summed E-state index contributed by atoms with van der Waals surface area (Å²) < 4.78 is 0. The largest absolute Gasteiger partial charge is 0.481 e. The van der Waals surface area contributed by atoms with E-state index in [1.807, 2.05) is 6.92 Å². The van der Waals surface area contributed by atoms with Crippen LogP contribution in [0.2, 0.25) is 0 Å². The van der Waals surface area contributed by atoms with Gasteiger partial charge in [0.2, 0.25) is 0 Å². The van der Waals surface area contributed by atoms with E-state index in [4.69, 9.17) is 10.2 Å². The maximum Gasteiger partial charge on any atom is 0.305 e. The molecule has 0 saturated carbocycles. The standard InChI is InChI=1S/C7H14O3S/c1-2-11-4-3-6(8)5-7(9)10/h6,8H,2-5H2,1H3,(H,9,10). The Bertz CT molecular complexity index is 116. The molecule has 0 aliphatic rings. The molecule has 0 spiro atoms. The van der Waals surface area contributed by atoms with Crippen LogP contribution in [0, 0.1) is 0 Å². The lowest BCUT2D eigenvalue weighted by atomic mass is 10.2. The van der Waals surface area contributed by atoms with Gasteiger partial charge in [0.25, 0.3) is 0 Å². The lowest BCUT2D eigenvalue weighted by Crippen LogP contribution is -2.13. The second-order valence-electron chi connectivity index (χ2n) is 2.24. The molecule has 66 valence electrons. The van der Waals surface area contributed by atoms with E-state index in [-0.39, 0.29) is 6.42 Å². The minimum Gasteiger partial charge on any atom is -0.481 e. The Hall–Kier alpha value is -0.220. The van der Waals surface area contributed by atoms with Crippen LogP contribution >= 0.6 is 11.8 Å². The second-order valence-corrected chi connectivity index (χ2v) is 3.63. The first-order valence-electron chi connectivity index (χ1n) is 3.64. The van der Waals surface area contributed by atoms with Crippen molar-refractivity contribution in [2.75, 3.05) is 11.5 Å². The van der Waals surface area contributed by atoms with Gasteiger partial charge in [-0.15, -0.1) is 0 Å². The molecule has 11 heavy (non-hydrogen) atoms. The second kappa shape index (κ2) is 6.49. The maximum atomic E-state index is 10.1. The number of aliphatic carboxylic acids is 1. The highest BCUT2D eigenvalue weighted by Crippen LogP contribution is 2.06. The molecule has 0 saturated heterocycles. The zero-order chi connectivity index (χ0) is 8.69. The number of carboxylic acid groups (broad SMARTS) is 1. The van der Waals surface area contributed by atoms with Crippen molar-refractivity contribution in [1.82, 2.24) is 0 Å². The molecule has 0 bridgehead atoms. The number of aliphatic hydroxyl groups excluding tert-OH is 1. The van der Waals surface area contributed by atoms with Gasteiger partial charge in [0.05, 0.1) is 12.5 Å². The van der Waals surface area contributed by atoms with Crippen molar-refractivity contribution in [3.63, 3.8) is 0 Å². The minimum absolute atomic E-state index is 0.135. The molecule has 0 aliphatic heterocycles. The topological polar surface area (TPSA) is 57.5 Å². The molecule has 0 heterocycles. The maximum absolute atomic E-state index is 10.1. The summed E-state index contributed by atoms with van der Waals surface area (Å²) in [4.78, 5) is 10.1. The minimum atomic E-state index is -0.931. The van der Waals surface area contributed by atoms with Crippen molar-refractivity contribution >= 4 is 17.7 Å². The summed E-state index contributed by atoms with van der Waals surface area (Å²) in [6, 6.07) is 0. The molecule has 0 aromatic rings. The summed E-state index contributed by atoms with van der Waals surface area (Å²) in [6.45, 7) is 2.04. The van der Waals surface area contributed by atoms with Crippen molar-refractivity contribution in [1.29, 1.82) is 0 Å². The Labute approximate surface area is 70.8 Å². The molecule has 2 N–H and O–H groups in total. The van der Waals surface area contributed by atoms with Crippen LogP contribution in [-0.4, -0.2) is 33.8 Å². The Morgan fingerprint density at radius 1 is 1.64 bits per heavy atom. The number of aliphatic hydroxyl groups is 1. The van der Waals surface area contributed by atoms with E-state index in [0.29, 0.717) is 6.42 Å². The molecule has 0 aliphatic carbocycles. The average molecular weight is 178 g/mol. The Morgan fingerprint density at radius 3 is 2.73 bits per heavy atom. The highest BCUT2D eigenvalue weighted by atomic mass is 32.2. The first-order chi connectivity index (χ1) is 5.16. The van der Waals surface area contributed by atoms with Gasteiger partial charge in [-0.3, -0.25) is 4.79 Å². The molecule has 0 amide bonds. The molecule has 0 aromatic heterocycles. The lowest BCUT2D eigenvalue weighted by molar-refractivity contribution is -0.139. The Morgan fingerprint density at radius 2 is 2.27 bits per heavy atom. The molecule has 4 heteroatoms. The Balaban J connectivity index is 3.22. The fourth-order valence-corrected chi connectivity index (χ4v) is 1.39. The van der Waals surface area contributed by atoms with Gasteiger partial charge in [-0.05, 0) is 17.9 Å². The third kappa shape index (κ3) is 7.68. The summed E-state index contributed by atoms with van der Waals surface area (Å²) >= 11 is 1.71. The number of carboxylic acids is 1. The van der Waals surface area contributed by atoms with Gasteiger partial charge in [0.1, 0.15) is 0 Å². The fraction of sp³-hybridized carbons (Fsp3) is 0.857. The zero-order valence-electron chi connectivity index (χ0n) is 6.62. The van der Waals surface area contributed by atoms with E-state index in [9.17, 15) is 4.79 Å². The quantitative estimate of drug-likeness (QED) is 0.595. The SMILES string of the molecule is CCSCCC(O)CC(=O)O. The van der Waals surface area contributed by atoms with Gasteiger partial charge < -0.3 is 10.2 Å². The van der Waals surface area contributed by atoms with Crippen molar-refractivity contribution in [3.05, 3.63) is 0 Å². The van der Waals surface area contributed by atoms with Gasteiger partial charge in [0, 0.05) is 0 Å². The number of hydrogen-bond acceptors (Lipinski definition) is 3. The van der Waals surface area contributed by atoms with Crippen LogP contribution in [0.25, 0.3) is 0 Å². The number of carbonyl (C=O) groups is 1. The van der Waals surface area contributed by atoms with Gasteiger partial charge in [-0.2, -0.15) is 11.8 Å². The van der Waals surface area contributed by atoms with Crippen LogP contribution in [0.5, 0.6) is 0 Å². The predicted octanol–water partition coefficient (Wildman–Crippen LogP) is 0.965. The average Bonchev–Trinajstić information content (AvgIpc) is 1.86. The third-order valence-electron chi connectivity index (χ3n) is 1.21. The van der Waals surface area contributed by atoms with Crippen LogP contribution in [0.15, 0.2) is 0 Å². The molecule has 0 aromatic carbocycles. The van der Waals surface area contributed by atoms with Gasteiger partial charge in [-0.1, -0.05) is 6.92 Å². The third-order valence-corrected chi connectivity index (χ3v) is 2.14. The number of hydrogen-bond donors (Lipinski definition) is 2. The molecular formula is C7H14O3S. The number of thioether (sulfide) groups is 1. The first-order valence-corrected chi connectivity index (χ1v) is 4.80. The van der Waals surface area contributed by atoms with E-state index in [0.717, 1.165) is 11.5 Å². The van der Waals surface area contributed by atoms with Crippen LogP contribution in [0.3, 0.4) is 0 Å². The van der Waals surface area contributed by atoms with Gasteiger partial charge >= 0.3 is 5.97 Å². The van der Waals surface area contributed by atoms with Gasteiger partial charge in [0.15, 0.2) is 0 Å². The smallest absolute Gasteiger partial charge is 0.305 e. The fourth-order valence-electron chi connectivity index (χ4n) is 0.667. The van der Waals surface area contributed by atoms with Crippen LogP contribution in [0.1, 0.15) is 19.8 Å².